The van der Waals surface area contributed by atoms with Crippen molar-refractivity contribution in [1.82, 2.24) is 10.1 Å². The summed E-state index contributed by atoms with van der Waals surface area (Å²) in [5, 5.41) is 3.56. The molecule has 0 fully saturated rings. The van der Waals surface area contributed by atoms with Crippen molar-refractivity contribution in [3.05, 3.63) is 36.5 Å². The largest absolute Gasteiger partial charge is 0.485 e. The highest BCUT2D eigenvalue weighted by molar-refractivity contribution is 8.13. The number of aromatic nitrogens is 2. The van der Waals surface area contributed by atoms with Gasteiger partial charge < -0.3 is 9.26 Å². The lowest BCUT2D eigenvalue weighted by atomic mass is 10.3. The van der Waals surface area contributed by atoms with E-state index < -0.39 is 9.05 Å². The van der Waals surface area contributed by atoms with Crippen LogP contribution in [0.5, 0.6) is 5.75 Å². The van der Waals surface area contributed by atoms with Gasteiger partial charge in [-0.3, -0.25) is 0 Å². The van der Waals surface area contributed by atoms with Crippen LogP contribution >= 0.6 is 10.7 Å². The Morgan fingerprint density at radius 2 is 2.00 bits per heavy atom. The molecule has 0 spiro atoms. The summed E-state index contributed by atoms with van der Waals surface area (Å²) >= 11 is 0. The van der Waals surface area contributed by atoms with Gasteiger partial charge in [0.1, 0.15) is 5.75 Å². The number of halogens is 1. The molecule has 8 heteroatoms. The summed E-state index contributed by atoms with van der Waals surface area (Å²) < 4.78 is 31.8. The Morgan fingerprint density at radius 1 is 1.29 bits per heavy atom. The van der Waals surface area contributed by atoms with Crippen molar-refractivity contribution in [1.29, 1.82) is 0 Å². The van der Waals surface area contributed by atoms with Crippen LogP contribution in [0.25, 0.3) is 0 Å². The van der Waals surface area contributed by atoms with Gasteiger partial charge in [-0.25, -0.2) is 8.42 Å². The summed E-state index contributed by atoms with van der Waals surface area (Å²) in [7, 11) is 1.47. The molecule has 0 radical (unpaired) electrons. The fourth-order valence-electron chi connectivity index (χ4n) is 1.10. The van der Waals surface area contributed by atoms with Gasteiger partial charge in [-0.1, -0.05) is 5.16 Å². The quantitative estimate of drug-likeness (QED) is 0.787. The van der Waals surface area contributed by atoms with Crippen LogP contribution < -0.4 is 4.74 Å². The third kappa shape index (κ3) is 3.18. The Morgan fingerprint density at radius 3 is 2.53 bits per heavy atom. The summed E-state index contributed by atoms with van der Waals surface area (Å²) in [5.41, 5.74) is 0. The molecule has 0 atom stereocenters. The summed E-state index contributed by atoms with van der Waals surface area (Å²) in [6.45, 7) is 0.142. The highest BCUT2D eigenvalue weighted by atomic mass is 35.7. The molecular formula is C9H7ClN2O4S. The zero-order valence-electron chi connectivity index (χ0n) is 8.41. The van der Waals surface area contributed by atoms with E-state index in [9.17, 15) is 8.42 Å². The maximum Gasteiger partial charge on any atom is 0.261 e. The lowest BCUT2D eigenvalue weighted by Crippen LogP contribution is -1.97. The second-order valence-corrected chi connectivity index (χ2v) is 5.61. The molecule has 17 heavy (non-hydrogen) atoms. The van der Waals surface area contributed by atoms with Crippen LogP contribution in [0.3, 0.4) is 0 Å². The fraction of sp³-hybridized carbons (Fsp3) is 0.111. The molecule has 0 aliphatic carbocycles. The molecule has 0 aliphatic heterocycles. The molecule has 90 valence electrons. The number of rotatable bonds is 4. The van der Waals surface area contributed by atoms with E-state index in [1.54, 1.807) is 0 Å². The molecule has 6 nitrogen and oxygen atoms in total. The van der Waals surface area contributed by atoms with Crippen LogP contribution in [0, 0.1) is 0 Å². The number of hydrogen-bond acceptors (Lipinski definition) is 6. The highest BCUT2D eigenvalue weighted by Crippen LogP contribution is 2.19. The van der Waals surface area contributed by atoms with E-state index in [1.807, 2.05) is 0 Å². The van der Waals surface area contributed by atoms with Crippen LogP contribution in [0.1, 0.15) is 5.82 Å². The lowest BCUT2D eigenvalue weighted by molar-refractivity contribution is 0.286. The zero-order chi connectivity index (χ0) is 12.3. The van der Waals surface area contributed by atoms with Gasteiger partial charge in [0, 0.05) is 10.7 Å². The highest BCUT2D eigenvalue weighted by Gasteiger charge is 2.09. The average Bonchev–Trinajstić information content (AvgIpc) is 2.78. The molecule has 0 N–H and O–H groups in total. The summed E-state index contributed by atoms with van der Waals surface area (Å²) in [5.74, 6) is 0.887. The van der Waals surface area contributed by atoms with Gasteiger partial charge in [0.25, 0.3) is 9.05 Å². The molecule has 2 rings (SSSR count). The lowest BCUT2D eigenvalue weighted by Gasteiger charge is -2.03. The Kier molecular flexibility index (Phi) is 3.30. The SMILES string of the molecule is O=S(=O)(Cl)c1ccc(OCc2ncon2)cc1. The van der Waals surface area contributed by atoms with Crippen LogP contribution in [-0.2, 0) is 15.7 Å². The van der Waals surface area contributed by atoms with Crippen molar-refractivity contribution in [2.75, 3.05) is 0 Å². The third-order valence-electron chi connectivity index (χ3n) is 1.88. The molecule has 0 bridgehead atoms. The van der Waals surface area contributed by atoms with Gasteiger partial charge in [-0.2, -0.15) is 4.98 Å². The van der Waals surface area contributed by atoms with Crippen molar-refractivity contribution < 1.29 is 17.7 Å². The molecule has 0 amide bonds. The molecule has 0 saturated carbocycles. The minimum absolute atomic E-state index is 0.0195. The van der Waals surface area contributed by atoms with Crippen molar-refractivity contribution in [2.24, 2.45) is 0 Å². The van der Waals surface area contributed by atoms with E-state index in [4.69, 9.17) is 15.4 Å². The Labute approximate surface area is 102 Å². The van der Waals surface area contributed by atoms with E-state index in [0.29, 0.717) is 11.6 Å². The predicted molar refractivity (Wildman–Crippen MR) is 58.1 cm³/mol. The standard InChI is InChI=1S/C9H7ClN2O4S/c10-17(13,14)8-3-1-7(2-4-8)15-5-9-11-6-16-12-9/h1-4,6H,5H2. The Balaban J connectivity index is 2.04. The average molecular weight is 275 g/mol. The number of nitrogens with zero attached hydrogens (tertiary/aromatic N) is 2. The number of hydrogen-bond donors (Lipinski definition) is 0. The monoisotopic (exact) mass is 274 g/mol. The predicted octanol–water partition coefficient (Wildman–Crippen LogP) is 1.58. The second-order valence-electron chi connectivity index (χ2n) is 3.05. The minimum atomic E-state index is -3.70. The van der Waals surface area contributed by atoms with E-state index in [-0.39, 0.29) is 11.5 Å². The van der Waals surface area contributed by atoms with Gasteiger partial charge in [-0.15, -0.1) is 0 Å². The van der Waals surface area contributed by atoms with E-state index in [0.717, 1.165) is 0 Å². The summed E-state index contributed by atoms with van der Waals surface area (Å²) in [6, 6.07) is 5.70. The third-order valence-corrected chi connectivity index (χ3v) is 3.25. The fourth-order valence-corrected chi connectivity index (χ4v) is 1.87. The number of ether oxygens (including phenoxy) is 1. The van der Waals surface area contributed by atoms with Crippen molar-refractivity contribution in [2.45, 2.75) is 11.5 Å². The Hall–Kier alpha value is -1.60. The van der Waals surface area contributed by atoms with Crippen LogP contribution in [0.4, 0.5) is 0 Å². The molecule has 0 aliphatic rings. The molecule has 2 aromatic rings. The Bertz CT molecular complexity index is 580. The first-order valence-electron chi connectivity index (χ1n) is 4.48. The maximum atomic E-state index is 11.0. The van der Waals surface area contributed by atoms with E-state index in [2.05, 4.69) is 14.7 Å². The van der Waals surface area contributed by atoms with Crippen molar-refractivity contribution in [3.63, 3.8) is 0 Å². The summed E-state index contributed by atoms with van der Waals surface area (Å²) in [4.78, 5) is 3.79. The first-order chi connectivity index (χ1) is 8.05. The van der Waals surface area contributed by atoms with Gasteiger partial charge in [0.15, 0.2) is 6.61 Å². The molecule has 1 heterocycles. The van der Waals surface area contributed by atoms with Gasteiger partial charge in [0.2, 0.25) is 12.2 Å². The van der Waals surface area contributed by atoms with Crippen molar-refractivity contribution in [3.8, 4) is 5.75 Å². The van der Waals surface area contributed by atoms with Crippen LogP contribution in [0.15, 0.2) is 40.1 Å². The molecule has 0 unspecified atom stereocenters. The zero-order valence-corrected chi connectivity index (χ0v) is 9.98. The summed E-state index contributed by atoms with van der Waals surface area (Å²) in [6.07, 6.45) is 1.20. The second kappa shape index (κ2) is 4.72. The van der Waals surface area contributed by atoms with Gasteiger partial charge in [-0.05, 0) is 24.3 Å². The van der Waals surface area contributed by atoms with Crippen molar-refractivity contribution >= 4 is 19.7 Å². The first-order valence-corrected chi connectivity index (χ1v) is 6.79. The van der Waals surface area contributed by atoms with E-state index >= 15 is 0 Å². The smallest absolute Gasteiger partial charge is 0.261 e. The molecule has 0 saturated heterocycles. The van der Waals surface area contributed by atoms with Gasteiger partial charge in [0.05, 0.1) is 4.90 Å². The van der Waals surface area contributed by atoms with E-state index in [1.165, 1.54) is 30.7 Å². The first kappa shape index (κ1) is 11.9. The maximum absolute atomic E-state index is 11.0. The number of benzene rings is 1. The topological polar surface area (TPSA) is 82.3 Å². The van der Waals surface area contributed by atoms with Gasteiger partial charge >= 0.3 is 0 Å². The minimum Gasteiger partial charge on any atom is -0.485 e. The van der Waals surface area contributed by atoms with Crippen LogP contribution in [0.2, 0.25) is 0 Å². The molecule has 1 aromatic heterocycles. The normalized spacial score (nSPS) is 11.4. The molecular weight excluding hydrogens is 268 g/mol. The molecule has 1 aromatic carbocycles. The van der Waals surface area contributed by atoms with Crippen LogP contribution in [-0.4, -0.2) is 18.6 Å².